The van der Waals surface area contributed by atoms with Crippen LogP contribution in [0.5, 0.6) is 0 Å². The molecule has 0 spiro atoms. The third kappa shape index (κ3) is 3.55. The van der Waals surface area contributed by atoms with Gasteiger partial charge in [0.05, 0.1) is 24.1 Å². The summed E-state index contributed by atoms with van der Waals surface area (Å²) in [6.07, 6.45) is 2.59. The Labute approximate surface area is 147 Å². The molecule has 1 fully saturated rings. The van der Waals surface area contributed by atoms with E-state index in [4.69, 9.17) is 0 Å². The maximum absolute atomic E-state index is 14.5. The van der Waals surface area contributed by atoms with Crippen molar-refractivity contribution in [2.75, 3.05) is 6.54 Å². The molecule has 1 heterocycles. The summed E-state index contributed by atoms with van der Waals surface area (Å²) in [6.45, 7) is 3.82. The largest absolute Gasteiger partial charge is 0.384 e. The zero-order valence-corrected chi connectivity index (χ0v) is 14.9. The van der Waals surface area contributed by atoms with Crippen LogP contribution < -0.4 is 5.32 Å². The topological polar surface area (TPSA) is 50.1 Å². The van der Waals surface area contributed by atoms with Gasteiger partial charge in [0.2, 0.25) is 0 Å². The highest BCUT2D eigenvalue weighted by atomic mass is 19.3. The van der Waals surface area contributed by atoms with E-state index in [0.29, 0.717) is 12.8 Å². The van der Waals surface area contributed by atoms with Crippen LogP contribution in [0.2, 0.25) is 0 Å². The molecule has 3 rings (SSSR count). The van der Waals surface area contributed by atoms with E-state index < -0.39 is 18.1 Å². The Kier molecular flexibility index (Phi) is 5.11. The summed E-state index contributed by atoms with van der Waals surface area (Å²) in [5.74, 6) is -2.40. The number of para-hydroxylation sites is 2. The van der Waals surface area contributed by atoms with Crippen LogP contribution in [0, 0.1) is 0 Å². The first-order chi connectivity index (χ1) is 11.8. The molecule has 1 aliphatic rings. The van der Waals surface area contributed by atoms with Crippen molar-refractivity contribution >= 4 is 11.0 Å². The zero-order chi connectivity index (χ0) is 18.1. The lowest BCUT2D eigenvalue weighted by Crippen LogP contribution is -2.54. The first kappa shape index (κ1) is 18.3. The first-order valence-corrected chi connectivity index (χ1v) is 9.11. The fourth-order valence-corrected chi connectivity index (χ4v) is 3.79. The van der Waals surface area contributed by atoms with E-state index in [2.05, 4.69) is 28.7 Å². The molecule has 1 aromatic carbocycles. The number of hydrogen-bond acceptors (Lipinski definition) is 3. The normalized spacial score (nSPS) is 18.2. The highest BCUT2D eigenvalue weighted by Gasteiger charge is 2.52. The van der Waals surface area contributed by atoms with Crippen molar-refractivity contribution in [3.63, 3.8) is 0 Å². The number of alkyl halides is 2. The fourth-order valence-electron chi connectivity index (χ4n) is 3.79. The third-order valence-corrected chi connectivity index (χ3v) is 5.18. The minimum absolute atomic E-state index is 0.173. The van der Waals surface area contributed by atoms with Crippen LogP contribution in [0.25, 0.3) is 11.0 Å². The number of imidazole rings is 1. The lowest BCUT2D eigenvalue weighted by atomic mass is 9.80. The molecule has 138 valence electrons. The molecule has 0 aliphatic heterocycles. The van der Waals surface area contributed by atoms with E-state index >= 15 is 0 Å². The number of nitrogens with zero attached hydrogens (tertiary/aromatic N) is 2. The Morgan fingerprint density at radius 3 is 2.60 bits per heavy atom. The second-order valence-corrected chi connectivity index (χ2v) is 7.38. The first-order valence-electron chi connectivity index (χ1n) is 9.11. The van der Waals surface area contributed by atoms with Crippen molar-refractivity contribution in [1.82, 2.24) is 14.9 Å². The zero-order valence-electron chi connectivity index (χ0n) is 14.9. The van der Waals surface area contributed by atoms with Crippen molar-refractivity contribution in [3.8, 4) is 0 Å². The molecule has 0 radical (unpaired) electrons. The molecule has 1 saturated carbocycles. The van der Waals surface area contributed by atoms with Gasteiger partial charge in [0, 0.05) is 6.04 Å². The SMILES string of the molecule is CC(C)n1c(CNCC(F)(F)C2(O)CCCCC2)nc2ccccc21. The number of benzene rings is 1. The highest BCUT2D eigenvalue weighted by molar-refractivity contribution is 5.76. The molecule has 0 atom stereocenters. The fraction of sp³-hybridized carbons (Fsp3) is 0.632. The molecule has 4 nitrogen and oxygen atoms in total. The Morgan fingerprint density at radius 2 is 1.92 bits per heavy atom. The number of halogens is 2. The number of nitrogens with one attached hydrogen (secondary N) is 1. The molecule has 1 aliphatic carbocycles. The minimum atomic E-state index is -3.14. The summed E-state index contributed by atoms with van der Waals surface area (Å²) in [5.41, 5.74) is -0.00572. The monoisotopic (exact) mass is 351 g/mol. The van der Waals surface area contributed by atoms with E-state index in [1.807, 2.05) is 24.3 Å². The standard InChI is InChI=1S/C19H27F2N3O/c1-14(2)24-16-9-5-4-8-15(16)23-17(24)12-22-13-19(20,21)18(25)10-6-3-7-11-18/h4-5,8-9,14,22,25H,3,6-7,10-13H2,1-2H3. The summed E-state index contributed by atoms with van der Waals surface area (Å²) in [7, 11) is 0. The van der Waals surface area contributed by atoms with Crippen LogP contribution in [0.4, 0.5) is 8.78 Å². The quantitative estimate of drug-likeness (QED) is 0.826. The summed E-state index contributed by atoms with van der Waals surface area (Å²) >= 11 is 0. The van der Waals surface area contributed by atoms with Crippen LogP contribution >= 0.6 is 0 Å². The van der Waals surface area contributed by atoms with Crippen LogP contribution in [0.15, 0.2) is 24.3 Å². The minimum Gasteiger partial charge on any atom is -0.384 e. The van der Waals surface area contributed by atoms with Crippen molar-refractivity contribution in [2.45, 2.75) is 70.1 Å². The van der Waals surface area contributed by atoms with E-state index in [0.717, 1.165) is 23.3 Å². The Balaban J connectivity index is 1.71. The van der Waals surface area contributed by atoms with E-state index in [1.54, 1.807) is 0 Å². The van der Waals surface area contributed by atoms with Gasteiger partial charge in [-0.2, -0.15) is 0 Å². The molecule has 0 saturated heterocycles. The van der Waals surface area contributed by atoms with E-state index in [9.17, 15) is 13.9 Å². The molecule has 0 amide bonds. The van der Waals surface area contributed by atoms with Gasteiger partial charge in [-0.3, -0.25) is 0 Å². The average Bonchev–Trinajstić information content (AvgIpc) is 2.93. The van der Waals surface area contributed by atoms with Gasteiger partial charge >= 0.3 is 0 Å². The second-order valence-electron chi connectivity index (χ2n) is 7.38. The van der Waals surface area contributed by atoms with Gasteiger partial charge in [0.15, 0.2) is 0 Å². The molecule has 0 unspecified atom stereocenters. The Bertz CT molecular complexity index is 721. The highest BCUT2D eigenvalue weighted by Crippen LogP contribution is 2.40. The molecule has 2 N–H and O–H groups in total. The molecular weight excluding hydrogens is 324 g/mol. The Morgan fingerprint density at radius 1 is 1.24 bits per heavy atom. The number of rotatable bonds is 6. The molecule has 2 aromatic rings. The molecule has 25 heavy (non-hydrogen) atoms. The number of fused-ring (bicyclic) bond motifs is 1. The Hall–Kier alpha value is -1.53. The van der Waals surface area contributed by atoms with Crippen molar-refractivity contribution < 1.29 is 13.9 Å². The summed E-state index contributed by atoms with van der Waals surface area (Å²) in [4.78, 5) is 4.58. The van der Waals surface area contributed by atoms with E-state index in [-0.39, 0.29) is 25.4 Å². The molecule has 0 bridgehead atoms. The lowest BCUT2D eigenvalue weighted by Gasteiger charge is -2.38. The maximum atomic E-state index is 14.5. The number of aliphatic hydroxyl groups is 1. The van der Waals surface area contributed by atoms with Gasteiger partial charge in [0.25, 0.3) is 5.92 Å². The van der Waals surface area contributed by atoms with Crippen LogP contribution in [0.3, 0.4) is 0 Å². The second kappa shape index (κ2) is 7.00. The van der Waals surface area contributed by atoms with Gasteiger partial charge in [-0.05, 0) is 38.8 Å². The van der Waals surface area contributed by atoms with Gasteiger partial charge in [-0.25, -0.2) is 13.8 Å². The predicted molar refractivity (Wildman–Crippen MR) is 94.8 cm³/mol. The summed E-state index contributed by atoms with van der Waals surface area (Å²) < 4.78 is 31.1. The van der Waals surface area contributed by atoms with Gasteiger partial charge < -0.3 is 15.0 Å². The maximum Gasteiger partial charge on any atom is 0.288 e. The lowest BCUT2D eigenvalue weighted by molar-refractivity contribution is -0.192. The summed E-state index contributed by atoms with van der Waals surface area (Å²) in [6, 6.07) is 7.98. The van der Waals surface area contributed by atoms with Crippen LogP contribution in [0.1, 0.15) is 57.8 Å². The van der Waals surface area contributed by atoms with Crippen molar-refractivity contribution in [2.24, 2.45) is 0 Å². The third-order valence-electron chi connectivity index (χ3n) is 5.18. The van der Waals surface area contributed by atoms with Crippen LogP contribution in [-0.4, -0.2) is 32.7 Å². The van der Waals surface area contributed by atoms with Gasteiger partial charge in [-0.15, -0.1) is 0 Å². The molecule has 6 heteroatoms. The number of aromatic nitrogens is 2. The van der Waals surface area contributed by atoms with Crippen molar-refractivity contribution in [3.05, 3.63) is 30.1 Å². The van der Waals surface area contributed by atoms with Gasteiger partial charge in [0.1, 0.15) is 11.4 Å². The summed E-state index contributed by atoms with van der Waals surface area (Å²) in [5, 5.41) is 13.2. The van der Waals surface area contributed by atoms with Gasteiger partial charge in [-0.1, -0.05) is 31.4 Å². The molecular formula is C19H27F2N3O. The number of hydrogen-bond donors (Lipinski definition) is 2. The molecule has 1 aromatic heterocycles. The van der Waals surface area contributed by atoms with Crippen LogP contribution in [-0.2, 0) is 6.54 Å². The van der Waals surface area contributed by atoms with Crippen molar-refractivity contribution in [1.29, 1.82) is 0 Å². The average molecular weight is 351 g/mol. The predicted octanol–water partition coefficient (Wildman–Crippen LogP) is 4.04. The van der Waals surface area contributed by atoms with E-state index in [1.165, 1.54) is 0 Å². The smallest absolute Gasteiger partial charge is 0.288 e.